The monoisotopic (exact) mass is 376 g/mol. The molecular weight excluding hydrogens is 344 g/mol. The molecule has 2 saturated heterocycles. The van der Waals surface area contributed by atoms with Crippen LogP contribution in [0.4, 0.5) is 0 Å². The third kappa shape index (κ3) is 3.55. The first-order valence-electron chi connectivity index (χ1n) is 10.4. The molecule has 3 heterocycles. The highest BCUT2D eigenvalue weighted by molar-refractivity contribution is 7.99. The van der Waals surface area contributed by atoms with E-state index < -0.39 is 0 Å². The van der Waals surface area contributed by atoms with Crippen LogP contribution < -0.4 is 0 Å². The lowest BCUT2D eigenvalue weighted by Gasteiger charge is -2.38. The van der Waals surface area contributed by atoms with Crippen LogP contribution in [0, 0.1) is 5.92 Å². The summed E-state index contributed by atoms with van der Waals surface area (Å²) >= 11 is 1.94. The van der Waals surface area contributed by atoms with Crippen molar-refractivity contribution in [2.75, 3.05) is 37.7 Å². The Morgan fingerprint density at radius 1 is 1.15 bits per heavy atom. The minimum atomic E-state index is 0.168. The van der Waals surface area contributed by atoms with E-state index in [1.54, 1.807) is 0 Å². The molecule has 3 aliphatic rings. The largest absolute Gasteiger partial charge is 0.336 e. The number of carbonyl (C=O) groups is 1. The van der Waals surface area contributed by atoms with Gasteiger partial charge < -0.3 is 9.80 Å². The zero-order valence-corrected chi connectivity index (χ0v) is 17.1. The highest BCUT2D eigenvalue weighted by Gasteiger charge is 2.34. The average Bonchev–Trinajstić information content (AvgIpc) is 3.06. The number of hydrogen-bond donors (Lipinski definition) is 0. The van der Waals surface area contributed by atoms with Crippen LogP contribution in [0.5, 0.6) is 0 Å². The number of thioether (sulfide) groups is 1. The maximum Gasteiger partial charge on any atom is 0.274 e. The quantitative estimate of drug-likeness (QED) is 0.813. The van der Waals surface area contributed by atoms with Crippen LogP contribution >= 0.6 is 11.8 Å². The lowest BCUT2D eigenvalue weighted by atomic mass is 9.88. The second-order valence-electron chi connectivity index (χ2n) is 8.11. The van der Waals surface area contributed by atoms with Gasteiger partial charge in [-0.2, -0.15) is 16.9 Å². The first-order chi connectivity index (χ1) is 12.7. The van der Waals surface area contributed by atoms with Crippen LogP contribution in [0.15, 0.2) is 0 Å². The second kappa shape index (κ2) is 7.93. The summed E-state index contributed by atoms with van der Waals surface area (Å²) in [6.45, 7) is 9.53. The Kier molecular flexibility index (Phi) is 5.60. The van der Waals surface area contributed by atoms with Gasteiger partial charge >= 0.3 is 0 Å². The first-order valence-corrected chi connectivity index (χ1v) is 11.5. The molecule has 1 amide bonds. The van der Waals surface area contributed by atoms with E-state index >= 15 is 0 Å². The number of aryl methyl sites for hydroxylation is 1. The molecule has 26 heavy (non-hydrogen) atoms. The lowest BCUT2D eigenvalue weighted by molar-refractivity contribution is 0.0763. The van der Waals surface area contributed by atoms with Gasteiger partial charge in [0, 0.05) is 48.4 Å². The van der Waals surface area contributed by atoms with Crippen molar-refractivity contribution in [3.05, 3.63) is 17.0 Å². The fourth-order valence-electron chi connectivity index (χ4n) is 4.72. The summed E-state index contributed by atoms with van der Waals surface area (Å²) in [6, 6.07) is 0.591. The molecule has 1 unspecified atom stereocenters. The molecule has 4 rings (SSSR count). The molecule has 6 heteroatoms. The van der Waals surface area contributed by atoms with Crippen molar-refractivity contribution >= 4 is 17.7 Å². The molecule has 144 valence electrons. The van der Waals surface area contributed by atoms with Gasteiger partial charge in [0.15, 0.2) is 5.69 Å². The molecular formula is C20H32N4OS. The van der Waals surface area contributed by atoms with Crippen molar-refractivity contribution in [1.29, 1.82) is 0 Å². The normalized spacial score (nSPS) is 25.3. The van der Waals surface area contributed by atoms with Crippen LogP contribution in [-0.2, 0) is 19.4 Å². The molecule has 1 aliphatic carbocycles. The van der Waals surface area contributed by atoms with Gasteiger partial charge in [-0.05, 0) is 58.0 Å². The zero-order chi connectivity index (χ0) is 18.1. The molecule has 1 atom stereocenters. The molecule has 0 N–H and O–H groups in total. The summed E-state index contributed by atoms with van der Waals surface area (Å²) in [6.07, 6.45) is 5.91. The lowest BCUT2D eigenvalue weighted by Crippen LogP contribution is -2.44. The van der Waals surface area contributed by atoms with Crippen molar-refractivity contribution in [2.45, 2.75) is 58.5 Å². The van der Waals surface area contributed by atoms with E-state index in [2.05, 4.69) is 23.4 Å². The molecule has 1 aromatic rings. The van der Waals surface area contributed by atoms with E-state index in [-0.39, 0.29) is 5.91 Å². The van der Waals surface area contributed by atoms with E-state index in [1.807, 2.05) is 16.7 Å². The molecule has 5 nitrogen and oxygen atoms in total. The molecule has 1 aromatic heterocycles. The number of likely N-dealkylation sites (tertiary alicyclic amines) is 1. The number of carbonyl (C=O) groups excluding carboxylic acids is 1. The molecule has 2 fully saturated rings. The molecule has 2 aliphatic heterocycles. The van der Waals surface area contributed by atoms with Crippen LogP contribution in [0.1, 0.15) is 54.9 Å². The van der Waals surface area contributed by atoms with Gasteiger partial charge in [-0.1, -0.05) is 6.92 Å². The number of aromatic nitrogens is 2. The number of hydrogen-bond acceptors (Lipinski definition) is 4. The molecule has 0 bridgehead atoms. The van der Waals surface area contributed by atoms with Crippen molar-refractivity contribution in [3.63, 3.8) is 0 Å². The summed E-state index contributed by atoms with van der Waals surface area (Å²) in [4.78, 5) is 17.9. The Morgan fingerprint density at radius 3 is 2.58 bits per heavy atom. The van der Waals surface area contributed by atoms with Gasteiger partial charge in [-0.25, -0.2) is 0 Å². The van der Waals surface area contributed by atoms with E-state index in [4.69, 9.17) is 5.10 Å². The zero-order valence-electron chi connectivity index (χ0n) is 16.2. The van der Waals surface area contributed by atoms with Gasteiger partial charge in [-0.3, -0.25) is 9.48 Å². The molecule has 0 radical (unpaired) electrons. The summed E-state index contributed by atoms with van der Waals surface area (Å²) in [5.74, 6) is 3.14. The minimum Gasteiger partial charge on any atom is -0.336 e. The maximum absolute atomic E-state index is 13.2. The highest BCUT2D eigenvalue weighted by Crippen LogP contribution is 2.30. The van der Waals surface area contributed by atoms with Crippen molar-refractivity contribution < 1.29 is 4.79 Å². The van der Waals surface area contributed by atoms with Gasteiger partial charge in [-0.15, -0.1) is 0 Å². The Labute approximate surface area is 161 Å². The second-order valence-corrected chi connectivity index (χ2v) is 9.33. The fraction of sp³-hybridized carbons (Fsp3) is 0.800. The van der Waals surface area contributed by atoms with Crippen molar-refractivity contribution in [1.82, 2.24) is 19.6 Å². The summed E-state index contributed by atoms with van der Waals surface area (Å²) < 4.78 is 2.09. The number of piperidine rings is 1. The predicted octanol–water partition coefficient (Wildman–Crippen LogP) is 2.68. The minimum absolute atomic E-state index is 0.168. The van der Waals surface area contributed by atoms with Crippen LogP contribution in [0.25, 0.3) is 0 Å². The molecule has 0 saturated carbocycles. The number of rotatable bonds is 3. The van der Waals surface area contributed by atoms with E-state index in [9.17, 15) is 4.79 Å². The van der Waals surface area contributed by atoms with Gasteiger partial charge in [0.05, 0.1) is 0 Å². The van der Waals surface area contributed by atoms with Crippen LogP contribution in [0.2, 0.25) is 0 Å². The Hall–Kier alpha value is -1.01. The number of amides is 1. The molecule has 0 aromatic carbocycles. The topological polar surface area (TPSA) is 41.4 Å². The standard InChI is InChI=1S/C20H32N4OS/c1-3-24-18-5-4-16(22-8-6-15(2)7-9-22)14-17(18)19(21-24)20(25)23-10-12-26-13-11-23/h15-16H,3-14H2,1-2H3. The Morgan fingerprint density at radius 2 is 1.88 bits per heavy atom. The van der Waals surface area contributed by atoms with Gasteiger partial charge in [0.25, 0.3) is 5.91 Å². The van der Waals surface area contributed by atoms with Crippen molar-refractivity contribution in [3.8, 4) is 0 Å². The van der Waals surface area contributed by atoms with E-state index in [0.717, 1.165) is 55.6 Å². The third-order valence-electron chi connectivity index (χ3n) is 6.46. The van der Waals surface area contributed by atoms with Gasteiger partial charge in [0.2, 0.25) is 0 Å². The summed E-state index contributed by atoms with van der Waals surface area (Å²) in [5.41, 5.74) is 3.33. The van der Waals surface area contributed by atoms with Crippen molar-refractivity contribution in [2.24, 2.45) is 5.92 Å². The van der Waals surface area contributed by atoms with E-state index in [1.165, 1.54) is 43.6 Å². The summed E-state index contributed by atoms with van der Waals surface area (Å²) in [5, 5.41) is 4.78. The average molecular weight is 377 g/mol. The van der Waals surface area contributed by atoms with Crippen LogP contribution in [0.3, 0.4) is 0 Å². The van der Waals surface area contributed by atoms with Crippen LogP contribution in [-0.4, -0.2) is 69.2 Å². The summed E-state index contributed by atoms with van der Waals surface area (Å²) in [7, 11) is 0. The fourth-order valence-corrected chi connectivity index (χ4v) is 5.63. The van der Waals surface area contributed by atoms with E-state index in [0.29, 0.717) is 6.04 Å². The van der Waals surface area contributed by atoms with Gasteiger partial charge in [0.1, 0.15) is 0 Å². The first kappa shape index (κ1) is 18.4. The number of fused-ring (bicyclic) bond motifs is 1. The third-order valence-corrected chi connectivity index (χ3v) is 7.40. The highest BCUT2D eigenvalue weighted by atomic mass is 32.2. The Bertz CT molecular complexity index is 644. The predicted molar refractivity (Wildman–Crippen MR) is 107 cm³/mol. The molecule has 0 spiro atoms. The Balaban J connectivity index is 1.56. The maximum atomic E-state index is 13.2. The smallest absolute Gasteiger partial charge is 0.274 e. The number of nitrogens with zero attached hydrogens (tertiary/aromatic N) is 4. The SMILES string of the molecule is CCn1nc(C(=O)N2CCSCC2)c2c1CCC(N1CCC(C)CC1)C2.